The molecule has 0 spiro atoms. The van der Waals surface area contributed by atoms with Crippen LogP contribution in [-0.2, 0) is 11.3 Å². The van der Waals surface area contributed by atoms with E-state index >= 15 is 0 Å². The van der Waals surface area contributed by atoms with Crippen LogP contribution < -0.4 is 10.6 Å². The van der Waals surface area contributed by atoms with Crippen molar-refractivity contribution in [2.45, 2.75) is 46.1 Å². The standard InChI is InChI=1S/C19H28N2O/c1-15(2)11-19(22)21-18-10-6-9-17(12-18)14-20-13-16-7-4-3-5-8-16/h3-4,6,9-10,12,15-16,20H,5,7-8,11,13-14H2,1-2H3,(H,21,22). The summed E-state index contributed by atoms with van der Waals surface area (Å²) in [4.78, 5) is 11.8. The Bertz CT molecular complexity index is 508. The SMILES string of the molecule is CC(C)CC(=O)Nc1cccc(CNCC2CC=CCC2)c1. The first-order valence-corrected chi connectivity index (χ1v) is 8.38. The minimum Gasteiger partial charge on any atom is -0.326 e. The Kier molecular flexibility index (Phi) is 6.66. The lowest BCUT2D eigenvalue weighted by Crippen LogP contribution is -2.23. The zero-order chi connectivity index (χ0) is 15.8. The molecule has 22 heavy (non-hydrogen) atoms. The molecule has 0 fully saturated rings. The molecule has 1 amide bonds. The van der Waals surface area contributed by atoms with Gasteiger partial charge in [0.05, 0.1) is 0 Å². The molecule has 1 aromatic carbocycles. The van der Waals surface area contributed by atoms with Gasteiger partial charge in [-0.1, -0.05) is 38.1 Å². The van der Waals surface area contributed by atoms with Crippen molar-refractivity contribution in [3.63, 3.8) is 0 Å². The van der Waals surface area contributed by atoms with Crippen molar-refractivity contribution in [3.05, 3.63) is 42.0 Å². The number of carbonyl (C=O) groups is 1. The van der Waals surface area contributed by atoms with Crippen LogP contribution in [0.15, 0.2) is 36.4 Å². The molecule has 2 rings (SSSR count). The highest BCUT2D eigenvalue weighted by atomic mass is 16.1. The van der Waals surface area contributed by atoms with E-state index in [9.17, 15) is 4.79 Å². The molecule has 1 aromatic rings. The van der Waals surface area contributed by atoms with E-state index in [0.717, 1.165) is 24.7 Å². The highest BCUT2D eigenvalue weighted by molar-refractivity contribution is 5.90. The molecule has 0 saturated carbocycles. The Morgan fingerprint density at radius 1 is 1.32 bits per heavy atom. The summed E-state index contributed by atoms with van der Waals surface area (Å²) in [6.45, 7) is 6.03. The van der Waals surface area contributed by atoms with Crippen LogP contribution in [0.2, 0.25) is 0 Å². The van der Waals surface area contributed by atoms with E-state index in [-0.39, 0.29) is 5.91 Å². The third-order valence-electron chi connectivity index (χ3n) is 3.94. The molecule has 0 bridgehead atoms. The molecule has 3 nitrogen and oxygen atoms in total. The average Bonchev–Trinajstić information content (AvgIpc) is 2.48. The van der Waals surface area contributed by atoms with Crippen LogP contribution in [0.25, 0.3) is 0 Å². The Morgan fingerprint density at radius 3 is 2.91 bits per heavy atom. The van der Waals surface area contributed by atoms with Crippen LogP contribution in [0.1, 0.15) is 45.1 Å². The molecule has 0 aromatic heterocycles. The Hall–Kier alpha value is -1.61. The average molecular weight is 300 g/mol. The van der Waals surface area contributed by atoms with Gasteiger partial charge in [0.2, 0.25) is 5.91 Å². The van der Waals surface area contributed by atoms with E-state index in [0.29, 0.717) is 12.3 Å². The summed E-state index contributed by atoms with van der Waals surface area (Å²) in [5.74, 6) is 1.24. The van der Waals surface area contributed by atoms with Crippen molar-refractivity contribution >= 4 is 11.6 Å². The number of allylic oxidation sites excluding steroid dienone is 2. The largest absolute Gasteiger partial charge is 0.326 e. The normalized spacial score (nSPS) is 17.7. The predicted octanol–water partition coefficient (Wildman–Crippen LogP) is 4.12. The van der Waals surface area contributed by atoms with Crippen molar-refractivity contribution in [2.24, 2.45) is 11.8 Å². The highest BCUT2D eigenvalue weighted by Gasteiger charge is 2.09. The molecular formula is C19H28N2O. The molecule has 120 valence electrons. The molecule has 0 aliphatic heterocycles. The first-order valence-electron chi connectivity index (χ1n) is 8.38. The topological polar surface area (TPSA) is 41.1 Å². The van der Waals surface area contributed by atoms with Gasteiger partial charge in [0, 0.05) is 18.7 Å². The van der Waals surface area contributed by atoms with Gasteiger partial charge in [-0.05, 0) is 55.3 Å². The summed E-state index contributed by atoms with van der Waals surface area (Å²) < 4.78 is 0. The number of nitrogens with one attached hydrogen (secondary N) is 2. The summed E-state index contributed by atoms with van der Waals surface area (Å²) in [5, 5.41) is 6.52. The smallest absolute Gasteiger partial charge is 0.224 e. The lowest BCUT2D eigenvalue weighted by atomic mass is 9.94. The minimum absolute atomic E-state index is 0.0918. The molecule has 2 N–H and O–H groups in total. The molecule has 1 aliphatic carbocycles. The highest BCUT2D eigenvalue weighted by Crippen LogP contribution is 2.17. The summed E-state index contributed by atoms with van der Waals surface area (Å²) in [6, 6.07) is 8.12. The van der Waals surface area contributed by atoms with Crippen LogP contribution in [0.3, 0.4) is 0 Å². The Morgan fingerprint density at radius 2 is 2.18 bits per heavy atom. The summed E-state index contributed by atoms with van der Waals surface area (Å²) in [6.07, 6.45) is 8.83. The first-order chi connectivity index (χ1) is 10.6. The fraction of sp³-hybridized carbons (Fsp3) is 0.526. The second-order valence-electron chi connectivity index (χ2n) is 6.63. The Balaban J connectivity index is 1.78. The lowest BCUT2D eigenvalue weighted by molar-refractivity contribution is -0.116. The predicted molar refractivity (Wildman–Crippen MR) is 92.7 cm³/mol. The van der Waals surface area contributed by atoms with E-state index in [2.05, 4.69) is 48.8 Å². The minimum atomic E-state index is 0.0918. The molecular weight excluding hydrogens is 272 g/mol. The van der Waals surface area contributed by atoms with Gasteiger partial charge >= 0.3 is 0 Å². The maximum atomic E-state index is 11.8. The van der Waals surface area contributed by atoms with Crippen LogP contribution >= 0.6 is 0 Å². The molecule has 0 saturated heterocycles. The van der Waals surface area contributed by atoms with Crippen molar-refractivity contribution in [1.82, 2.24) is 5.32 Å². The van der Waals surface area contributed by atoms with Crippen molar-refractivity contribution in [1.29, 1.82) is 0 Å². The lowest BCUT2D eigenvalue weighted by Gasteiger charge is -2.18. The number of hydrogen-bond acceptors (Lipinski definition) is 2. The quantitative estimate of drug-likeness (QED) is 0.744. The number of anilines is 1. The van der Waals surface area contributed by atoms with Crippen LogP contribution in [-0.4, -0.2) is 12.5 Å². The fourth-order valence-electron chi connectivity index (χ4n) is 2.80. The molecule has 0 heterocycles. The van der Waals surface area contributed by atoms with Gasteiger partial charge in [0.1, 0.15) is 0 Å². The van der Waals surface area contributed by atoms with Gasteiger partial charge in [-0.2, -0.15) is 0 Å². The van der Waals surface area contributed by atoms with Crippen molar-refractivity contribution in [3.8, 4) is 0 Å². The van der Waals surface area contributed by atoms with Gasteiger partial charge < -0.3 is 10.6 Å². The maximum Gasteiger partial charge on any atom is 0.224 e. The van der Waals surface area contributed by atoms with E-state index in [1.807, 2.05) is 12.1 Å². The molecule has 1 atom stereocenters. The number of hydrogen-bond donors (Lipinski definition) is 2. The van der Waals surface area contributed by atoms with Gasteiger partial charge in [0.25, 0.3) is 0 Å². The summed E-state index contributed by atoms with van der Waals surface area (Å²) >= 11 is 0. The van der Waals surface area contributed by atoms with Crippen LogP contribution in [0.4, 0.5) is 5.69 Å². The van der Waals surface area contributed by atoms with Gasteiger partial charge in [-0.15, -0.1) is 0 Å². The summed E-state index contributed by atoms with van der Waals surface area (Å²) in [7, 11) is 0. The molecule has 1 aliphatic rings. The number of rotatable bonds is 7. The molecule has 0 radical (unpaired) electrons. The Labute approximate surface area is 134 Å². The summed E-state index contributed by atoms with van der Waals surface area (Å²) in [5.41, 5.74) is 2.11. The van der Waals surface area contributed by atoms with E-state index in [1.54, 1.807) is 0 Å². The number of carbonyl (C=O) groups excluding carboxylic acids is 1. The zero-order valence-electron chi connectivity index (χ0n) is 13.8. The van der Waals surface area contributed by atoms with E-state index in [1.165, 1.54) is 24.8 Å². The third-order valence-corrected chi connectivity index (χ3v) is 3.94. The molecule has 1 unspecified atom stereocenters. The van der Waals surface area contributed by atoms with Gasteiger partial charge in [-0.3, -0.25) is 4.79 Å². The fourth-order valence-corrected chi connectivity index (χ4v) is 2.80. The van der Waals surface area contributed by atoms with E-state index in [4.69, 9.17) is 0 Å². The van der Waals surface area contributed by atoms with Crippen molar-refractivity contribution in [2.75, 3.05) is 11.9 Å². The number of amides is 1. The van der Waals surface area contributed by atoms with Crippen LogP contribution in [0, 0.1) is 11.8 Å². The van der Waals surface area contributed by atoms with Gasteiger partial charge in [-0.25, -0.2) is 0 Å². The molecule has 3 heteroatoms. The second-order valence-corrected chi connectivity index (χ2v) is 6.63. The van der Waals surface area contributed by atoms with Crippen molar-refractivity contribution < 1.29 is 4.79 Å². The van der Waals surface area contributed by atoms with E-state index < -0.39 is 0 Å². The van der Waals surface area contributed by atoms with Gasteiger partial charge in [0.15, 0.2) is 0 Å². The zero-order valence-corrected chi connectivity index (χ0v) is 13.8. The maximum absolute atomic E-state index is 11.8. The second kappa shape index (κ2) is 8.74. The van der Waals surface area contributed by atoms with Crippen LogP contribution in [0.5, 0.6) is 0 Å². The first kappa shape index (κ1) is 16.8. The third kappa shape index (κ3) is 6.02. The number of benzene rings is 1. The monoisotopic (exact) mass is 300 g/mol.